The molecule has 2 rings (SSSR count). The van der Waals surface area contributed by atoms with Gasteiger partial charge < -0.3 is 34.8 Å². The minimum atomic E-state index is -1.07. The van der Waals surface area contributed by atoms with E-state index in [0.29, 0.717) is 11.4 Å². The van der Waals surface area contributed by atoms with Crippen LogP contribution in [-0.2, 0) is 9.47 Å². The lowest BCUT2D eigenvalue weighted by Gasteiger charge is -2.42. The molecular formula is C14H21NO6. The van der Waals surface area contributed by atoms with Gasteiger partial charge in [-0.05, 0) is 24.3 Å². The van der Waals surface area contributed by atoms with Crippen molar-refractivity contribution in [3.63, 3.8) is 0 Å². The third-order valence-electron chi connectivity index (χ3n) is 3.54. The standard InChI is InChI=1S/C14H21NO6/c1-19-9-5-3-8(4-6-9)15-11-12(17)10(7-16)21-14(20-2)13(11)18/h3-6,10-18H,7H2,1-2H3/t10-,11+,12+,13-,14-/m1/s1. The molecule has 0 bridgehead atoms. The van der Waals surface area contributed by atoms with Gasteiger partial charge in [0.15, 0.2) is 6.29 Å². The Morgan fingerprint density at radius 2 is 1.81 bits per heavy atom. The molecule has 1 saturated heterocycles. The molecule has 0 saturated carbocycles. The zero-order valence-corrected chi connectivity index (χ0v) is 12.0. The molecule has 7 heteroatoms. The first-order valence-electron chi connectivity index (χ1n) is 6.66. The van der Waals surface area contributed by atoms with Crippen LogP contribution in [0.2, 0.25) is 0 Å². The summed E-state index contributed by atoms with van der Waals surface area (Å²) >= 11 is 0. The van der Waals surface area contributed by atoms with E-state index < -0.39 is 30.6 Å². The second-order valence-electron chi connectivity index (χ2n) is 4.84. The van der Waals surface area contributed by atoms with Crippen molar-refractivity contribution >= 4 is 5.69 Å². The smallest absolute Gasteiger partial charge is 0.185 e. The van der Waals surface area contributed by atoms with Crippen LogP contribution < -0.4 is 10.1 Å². The Bertz CT molecular complexity index is 424. The van der Waals surface area contributed by atoms with Gasteiger partial charge in [0.2, 0.25) is 0 Å². The molecule has 0 aromatic heterocycles. The van der Waals surface area contributed by atoms with E-state index in [4.69, 9.17) is 14.2 Å². The van der Waals surface area contributed by atoms with E-state index in [0.717, 1.165) is 0 Å². The van der Waals surface area contributed by atoms with Crippen LogP contribution in [0.5, 0.6) is 5.75 Å². The lowest BCUT2D eigenvalue weighted by molar-refractivity contribution is -0.265. The van der Waals surface area contributed by atoms with Crippen LogP contribution in [0, 0.1) is 0 Å². The summed E-state index contributed by atoms with van der Waals surface area (Å²) in [6.07, 6.45) is -3.89. The van der Waals surface area contributed by atoms with E-state index in [2.05, 4.69) is 5.32 Å². The summed E-state index contributed by atoms with van der Waals surface area (Å²) in [6, 6.07) is 6.33. The predicted molar refractivity (Wildman–Crippen MR) is 75.2 cm³/mol. The van der Waals surface area contributed by atoms with Crippen molar-refractivity contribution in [3.8, 4) is 5.75 Å². The van der Waals surface area contributed by atoms with Crippen LogP contribution in [0.4, 0.5) is 5.69 Å². The summed E-state index contributed by atoms with van der Waals surface area (Å²) in [6.45, 7) is -0.367. The summed E-state index contributed by atoms with van der Waals surface area (Å²) in [4.78, 5) is 0. The van der Waals surface area contributed by atoms with E-state index in [9.17, 15) is 15.3 Å². The van der Waals surface area contributed by atoms with Crippen molar-refractivity contribution in [2.45, 2.75) is 30.6 Å². The molecule has 0 spiro atoms. The molecule has 1 aliphatic rings. The van der Waals surface area contributed by atoms with Crippen LogP contribution in [0.25, 0.3) is 0 Å². The highest BCUT2D eigenvalue weighted by Gasteiger charge is 2.44. The maximum atomic E-state index is 10.2. The van der Waals surface area contributed by atoms with E-state index in [1.807, 2.05) is 0 Å². The zero-order chi connectivity index (χ0) is 15.4. The Hall–Kier alpha value is -1.38. The van der Waals surface area contributed by atoms with Gasteiger partial charge in [-0.2, -0.15) is 0 Å². The molecule has 0 amide bonds. The minimum Gasteiger partial charge on any atom is -0.497 e. The van der Waals surface area contributed by atoms with E-state index in [-0.39, 0.29) is 6.61 Å². The molecule has 5 atom stereocenters. The quantitative estimate of drug-likeness (QED) is 0.585. The number of rotatable bonds is 5. The van der Waals surface area contributed by atoms with E-state index in [1.165, 1.54) is 7.11 Å². The maximum absolute atomic E-state index is 10.2. The van der Waals surface area contributed by atoms with Gasteiger partial charge in [0, 0.05) is 12.8 Å². The second-order valence-corrected chi connectivity index (χ2v) is 4.84. The molecule has 1 aromatic rings. The topological polar surface area (TPSA) is 100 Å². The Balaban J connectivity index is 2.13. The molecule has 1 heterocycles. The van der Waals surface area contributed by atoms with Gasteiger partial charge in [-0.1, -0.05) is 0 Å². The number of nitrogens with one attached hydrogen (secondary N) is 1. The van der Waals surface area contributed by atoms with Gasteiger partial charge in [-0.15, -0.1) is 0 Å². The van der Waals surface area contributed by atoms with Crippen LogP contribution in [0.15, 0.2) is 24.3 Å². The Labute approximate surface area is 123 Å². The van der Waals surface area contributed by atoms with Gasteiger partial charge >= 0.3 is 0 Å². The molecule has 7 nitrogen and oxygen atoms in total. The monoisotopic (exact) mass is 299 g/mol. The first-order valence-corrected chi connectivity index (χ1v) is 6.66. The number of hydrogen-bond acceptors (Lipinski definition) is 7. The number of ether oxygens (including phenoxy) is 3. The molecule has 1 aliphatic heterocycles. The molecule has 0 unspecified atom stereocenters. The molecule has 1 fully saturated rings. The van der Waals surface area contributed by atoms with Gasteiger partial charge in [0.25, 0.3) is 0 Å². The van der Waals surface area contributed by atoms with Crippen molar-refractivity contribution in [1.82, 2.24) is 0 Å². The fourth-order valence-electron chi connectivity index (χ4n) is 2.33. The largest absolute Gasteiger partial charge is 0.497 e. The third kappa shape index (κ3) is 3.45. The number of aliphatic hydroxyl groups is 3. The average molecular weight is 299 g/mol. The van der Waals surface area contributed by atoms with Crippen LogP contribution >= 0.6 is 0 Å². The Morgan fingerprint density at radius 1 is 1.14 bits per heavy atom. The number of aliphatic hydroxyl groups excluding tert-OH is 3. The number of hydrogen-bond donors (Lipinski definition) is 4. The van der Waals surface area contributed by atoms with Crippen molar-refractivity contribution in [3.05, 3.63) is 24.3 Å². The molecule has 21 heavy (non-hydrogen) atoms. The Morgan fingerprint density at radius 3 is 2.33 bits per heavy atom. The van der Waals surface area contributed by atoms with Crippen molar-refractivity contribution in [2.24, 2.45) is 0 Å². The van der Waals surface area contributed by atoms with Crippen molar-refractivity contribution < 1.29 is 29.5 Å². The summed E-state index contributed by atoms with van der Waals surface area (Å²) < 4.78 is 15.4. The lowest BCUT2D eigenvalue weighted by atomic mass is 9.96. The number of anilines is 1. The molecule has 1 aromatic carbocycles. The molecule has 0 aliphatic carbocycles. The SMILES string of the molecule is COc1ccc(N[C@H]2[C@@H](O)[C@@H](CO)O[C@@H](OC)[C@@H]2O)cc1. The fraction of sp³-hybridized carbons (Fsp3) is 0.571. The summed E-state index contributed by atoms with van der Waals surface area (Å²) in [5.74, 6) is 0.705. The summed E-state index contributed by atoms with van der Waals surface area (Å²) in [5, 5.41) is 32.7. The van der Waals surface area contributed by atoms with Crippen LogP contribution in [0.3, 0.4) is 0 Å². The highest BCUT2D eigenvalue weighted by atomic mass is 16.7. The van der Waals surface area contributed by atoms with Crippen molar-refractivity contribution in [2.75, 3.05) is 26.1 Å². The van der Waals surface area contributed by atoms with Crippen LogP contribution in [-0.4, -0.2) is 66.8 Å². The third-order valence-corrected chi connectivity index (χ3v) is 3.54. The van der Waals surface area contributed by atoms with Gasteiger partial charge in [-0.25, -0.2) is 0 Å². The zero-order valence-electron chi connectivity index (χ0n) is 12.0. The molecular weight excluding hydrogens is 278 g/mol. The first kappa shape index (κ1) is 16.0. The van der Waals surface area contributed by atoms with Crippen molar-refractivity contribution in [1.29, 1.82) is 0 Å². The highest BCUT2D eigenvalue weighted by Crippen LogP contribution is 2.25. The molecule has 118 valence electrons. The van der Waals surface area contributed by atoms with E-state index in [1.54, 1.807) is 31.4 Å². The van der Waals surface area contributed by atoms with Gasteiger partial charge in [0.05, 0.1) is 19.8 Å². The van der Waals surface area contributed by atoms with Gasteiger partial charge in [0.1, 0.15) is 24.1 Å². The van der Waals surface area contributed by atoms with Crippen LogP contribution in [0.1, 0.15) is 0 Å². The average Bonchev–Trinajstić information content (AvgIpc) is 2.52. The number of methoxy groups -OCH3 is 2. The molecule has 4 N–H and O–H groups in total. The second kappa shape index (κ2) is 7.06. The summed E-state index contributed by atoms with van der Waals surface area (Å²) in [5.41, 5.74) is 0.701. The van der Waals surface area contributed by atoms with Gasteiger partial charge in [-0.3, -0.25) is 0 Å². The fourth-order valence-corrected chi connectivity index (χ4v) is 2.33. The number of benzene rings is 1. The Kier molecular flexibility index (Phi) is 5.38. The summed E-state index contributed by atoms with van der Waals surface area (Å²) in [7, 11) is 2.97. The highest BCUT2D eigenvalue weighted by molar-refractivity contribution is 5.47. The predicted octanol–water partition coefficient (Wildman–Crippen LogP) is -0.439. The minimum absolute atomic E-state index is 0.367. The maximum Gasteiger partial charge on any atom is 0.185 e. The van der Waals surface area contributed by atoms with E-state index >= 15 is 0 Å². The lowest BCUT2D eigenvalue weighted by Crippen LogP contribution is -2.61. The normalized spacial score (nSPS) is 32.7. The molecule has 0 radical (unpaired) electrons. The first-order chi connectivity index (χ1) is 10.1.